The lowest BCUT2D eigenvalue weighted by Gasteiger charge is -2.05. The summed E-state index contributed by atoms with van der Waals surface area (Å²) in [7, 11) is 0. The summed E-state index contributed by atoms with van der Waals surface area (Å²) >= 11 is 1.32. The third-order valence-corrected chi connectivity index (χ3v) is 4.85. The highest BCUT2D eigenvalue weighted by Crippen LogP contribution is 2.18. The van der Waals surface area contributed by atoms with Gasteiger partial charge in [-0.15, -0.1) is 11.3 Å². The molecule has 1 amide bonds. The van der Waals surface area contributed by atoms with Crippen molar-refractivity contribution in [1.29, 1.82) is 0 Å². The molecule has 4 aromatic rings. The summed E-state index contributed by atoms with van der Waals surface area (Å²) in [5.74, 6) is -0.774. The zero-order valence-corrected chi connectivity index (χ0v) is 16.8. The number of thiazole rings is 1. The van der Waals surface area contributed by atoms with Crippen LogP contribution in [0.1, 0.15) is 27.6 Å². The Balaban J connectivity index is 1.76. The normalized spacial score (nSPS) is 11.4. The summed E-state index contributed by atoms with van der Waals surface area (Å²) in [6.45, 7) is 2.06. The lowest BCUT2D eigenvalue weighted by molar-refractivity contribution is 0.0526. The highest BCUT2D eigenvalue weighted by molar-refractivity contribution is 7.13. The second-order valence-corrected chi connectivity index (χ2v) is 7.07. The fourth-order valence-electron chi connectivity index (χ4n) is 2.77. The minimum Gasteiger partial charge on any atom is -0.462 e. The number of nitrogens with zero attached hydrogens (tertiary/aromatic N) is 2. The average Bonchev–Trinajstić information content (AvgIpc) is 3.27. The Labute approximate surface area is 175 Å². The van der Waals surface area contributed by atoms with Crippen LogP contribution < -0.4 is 10.9 Å². The molecule has 0 aliphatic heterocycles. The molecule has 0 saturated heterocycles. The van der Waals surface area contributed by atoms with Gasteiger partial charge in [0.05, 0.1) is 17.9 Å². The molecule has 30 heavy (non-hydrogen) atoms. The van der Waals surface area contributed by atoms with Gasteiger partial charge in [0.1, 0.15) is 11.1 Å². The fraction of sp³-hybridized carbons (Fsp3) is 0.0909. The Morgan fingerprint density at radius 2 is 1.97 bits per heavy atom. The standard InChI is InChI=1S/C22H17N3O4S/c1-2-28-21(27)14-7-9-16(10-8-14)24-20-17(19(26)25-22-23-11-12-30-22)13-15-5-3-4-6-18(15)29-20/h3-13H,2H2,1H3,(H,23,25,26). The molecule has 0 bridgehead atoms. The number of amides is 1. The first kappa shape index (κ1) is 19.5. The zero-order chi connectivity index (χ0) is 20.9. The number of carbonyl (C=O) groups is 2. The van der Waals surface area contributed by atoms with Crippen LogP contribution in [0.15, 0.2) is 75.6 Å². The van der Waals surface area contributed by atoms with Crippen LogP contribution >= 0.6 is 11.3 Å². The molecular weight excluding hydrogens is 402 g/mol. The maximum Gasteiger partial charge on any atom is 0.338 e. The predicted molar refractivity (Wildman–Crippen MR) is 114 cm³/mol. The van der Waals surface area contributed by atoms with E-state index in [1.807, 2.05) is 18.2 Å². The van der Waals surface area contributed by atoms with Crippen molar-refractivity contribution in [2.45, 2.75) is 6.92 Å². The van der Waals surface area contributed by atoms with E-state index in [9.17, 15) is 9.59 Å². The van der Waals surface area contributed by atoms with Crippen LogP contribution in [-0.4, -0.2) is 23.5 Å². The van der Waals surface area contributed by atoms with Gasteiger partial charge < -0.3 is 9.15 Å². The molecule has 0 fully saturated rings. The van der Waals surface area contributed by atoms with Gasteiger partial charge in [0, 0.05) is 17.0 Å². The Morgan fingerprint density at radius 3 is 2.70 bits per heavy atom. The van der Waals surface area contributed by atoms with E-state index in [0.717, 1.165) is 5.39 Å². The SMILES string of the molecule is CCOC(=O)c1ccc(N=c2oc3ccccc3cc2C(=O)Nc2nccs2)cc1. The van der Waals surface area contributed by atoms with Gasteiger partial charge in [-0.05, 0) is 43.3 Å². The van der Waals surface area contributed by atoms with Gasteiger partial charge in [-0.25, -0.2) is 14.8 Å². The van der Waals surface area contributed by atoms with Crippen molar-refractivity contribution in [1.82, 2.24) is 4.98 Å². The molecule has 4 rings (SSSR count). The van der Waals surface area contributed by atoms with E-state index in [4.69, 9.17) is 9.15 Å². The first-order chi connectivity index (χ1) is 14.6. The fourth-order valence-corrected chi connectivity index (χ4v) is 3.29. The molecule has 0 saturated carbocycles. The second-order valence-electron chi connectivity index (χ2n) is 6.17. The molecule has 0 spiro atoms. The molecule has 0 aliphatic carbocycles. The van der Waals surface area contributed by atoms with Crippen molar-refractivity contribution in [3.8, 4) is 0 Å². The number of esters is 1. The molecule has 150 valence electrons. The number of ether oxygens (including phenoxy) is 1. The van der Waals surface area contributed by atoms with Gasteiger partial charge in [-0.1, -0.05) is 18.2 Å². The van der Waals surface area contributed by atoms with Gasteiger partial charge >= 0.3 is 5.97 Å². The number of para-hydroxylation sites is 1. The topological polar surface area (TPSA) is 93.8 Å². The quantitative estimate of drug-likeness (QED) is 0.479. The van der Waals surface area contributed by atoms with E-state index in [-0.39, 0.29) is 17.0 Å². The van der Waals surface area contributed by atoms with Crippen LogP contribution in [-0.2, 0) is 4.74 Å². The Morgan fingerprint density at radius 1 is 1.17 bits per heavy atom. The Hall–Kier alpha value is -3.78. The largest absolute Gasteiger partial charge is 0.462 e. The molecule has 8 heteroatoms. The van der Waals surface area contributed by atoms with Gasteiger partial charge in [-0.3, -0.25) is 10.1 Å². The minimum absolute atomic E-state index is 0.159. The molecule has 7 nitrogen and oxygen atoms in total. The number of benzene rings is 2. The number of rotatable bonds is 5. The van der Waals surface area contributed by atoms with Crippen molar-refractivity contribution >= 4 is 45.0 Å². The van der Waals surface area contributed by atoms with Gasteiger partial charge in [0.25, 0.3) is 5.91 Å². The van der Waals surface area contributed by atoms with Crippen LogP contribution in [0.3, 0.4) is 0 Å². The number of fused-ring (bicyclic) bond motifs is 1. The second kappa shape index (κ2) is 8.71. The third-order valence-electron chi connectivity index (χ3n) is 4.16. The number of nitrogens with one attached hydrogen (secondary N) is 1. The van der Waals surface area contributed by atoms with Crippen molar-refractivity contribution in [3.63, 3.8) is 0 Å². The predicted octanol–water partition coefficient (Wildman–Crippen LogP) is 4.55. The van der Waals surface area contributed by atoms with E-state index in [2.05, 4.69) is 15.3 Å². The summed E-state index contributed by atoms with van der Waals surface area (Å²) in [6, 6.07) is 15.7. The van der Waals surface area contributed by atoms with Crippen LogP contribution in [0.25, 0.3) is 11.0 Å². The molecule has 1 N–H and O–H groups in total. The minimum atomic E-state index is -0.400. The maximum atomic E-state index is 12.9. The number of carbonyl (C=O) groups excluding carboxylic acids is 2. The molecule has 0 atom stereocenters. The van der Waals surface area contributed by atoms with Crippen LogP contribution in [0.4, 0.5) is 10.8 Å². The summed E-state index contributed by atoms with van der Waals surface area (Å²) < 4.78 is 10.9. The Kier molecular flexibility index (Phi) is 5.67. The van der Waals surface area contributed by atoms with Crippen LogP contribution in [0, 0.1) is 0 Å². The van der Waals surface area contributed by atoms with Gasteiger partial charge in [0.2, 0.25) is 5.55 Å². The highest BCUT2D eigenvalue weighted by Gasteiger charge is 2.14. The number of hydrogen-bond acceptors (Lipinski definition) is 7. The van der Waals surface area contributed by atoms with E-state index in [1.54, 1.807) is 54.9 Å². The lowest BCUT2D eigenvalue weighted by Crippen LogP contribution is -2.21. The van der Waals surface area contributed by atoms with Crippen LogP contribution in [0.2, 0.25) is 0 Å². The molecule has 2 aromatic heterocycles. The van der Waals surface area contributed by atoms with E-state index < -0.39 is 5.97 Å². The van der Waals surface area contributed by atoms with Crippen LogP contribution in [0.5, 0.6) is 0 Å². The zero-order valence-electron chi connectivity index (χ0n) is 16.0. The highest BCUT2D eigenvalue weighted by atomic mass is 32.1. The third kappa shape index (κ3) is 4.28. The molecule has 0 unspecified atom stereocenters. The van der Waals surface area contributed by atoms with Crippen molar-refractivity contribution in [2.75, 3.05) is 11.9 Å². The van der Waals surface area contributed by atoms with E-state index in [1.165, 1.54) is 11.3 Å². The summed E-state index contributed by atoms with van der Waals surface area (Å²) in [5.41, 5.74) is 1.99. The first-order valence-corrected chi connectivity index (χ1v) is 10.1. The Bertz CT molecular complexity index is 1260. The van der Waals surface area contributed by atoms with Crippen molar-refractivity contribution in [3.05, 3.63) is 82.9 Å². The monoisotopic (exact) mass is 419 g/mol. The lowest BCUT2D eigenvalue weighted by atomic mass is 10.1. The smallest absolute Gasteiger partial charge is 0.338 e. The van der Waals surface area contributed by atoms with Gasteiger partial charge in [0.15, 0.2) is 5.13 Å². The first-order valence-electron chi connectivity index (χ1n) is 9.19. The van der Waals surface area contributed by atoms with Crippen molar-refractivity contribution < 1.29 is 18.7 Å². The van der Waals surface area contributed by atoms with E-state index >= 15 is 0 Å². The number of hydrogen-bond donors (Lipinski definition) is 1. The van der Waals surface area contributed by atoms with Gasteiger partial charge in [-0.2, -0.15) is 0 Å². The summed E-state index contributed by atoms with van der Waals surface area (Å²) in [4.78, 5) is 33.3. The summed E-state index contributed by atoms with van der Waals surface area (Å²) in [5, 5.41) is 5.79. The number of anilines is 1. The summed E-state index contributed by atoms with van der Waals surface area (Å²) in [6.07, 6.45) is 1.61. The van der Waals surface area contributed by atoms with Crippen molar-refractivity contribution in [2.24, 2.45) is 4.99 Å². The molecular formula is C22H17N3O4S. The maximum absolute atomic E-state index is 12.9. The molecule has 2 aromatic carbocycles. The molecule has 2 heterocycles. The van der Waals surface area contributed by atoms with E-state index in [0.29, 0.717) is 28.6 Å². The number of aromatic nitrogens is 1. The molecule has 0 radical (unpaired) electrons. The average molecular weight is 419 g/mol. The molecule has 0 aliphatic rings.